The first-order valence-corrected chi connectivity index (χ1v) is 8.54. The zero-order valence-electron chi connectivity index (χ0n) is 13.7. The molecule has 0 radical (unpaired) electrons. The SMILES string of the molecule is Cn1c(C2CCCN2C(=O)c2c[nH]c(=O)c(Cl)c2)nc2ccccc21. The lowest BCUT2D eigenvalue weighted by Crippen LogP contribution is -2.32. The van der Waals surface area contributed by atoms with Crippen LogP contribution in [0.5, 0.6) is 0 Å². The summed E-state index contributed by atoms with van der Waals surface area (Å²) in [5, 5.41) is 0.0179. The number of pyridine rings is 1. The van der Waals surface area contributed by atoms with Gasteiger partial charge in [-0.25, -0.2) is 4.98 Å². The summed E-state index contributed by atoms with van der Waals surface area (Å²) in [4.78, 5) is 33.4. The number of aromatic nitrogens is 3. The quantitative estimate of drug-likeness (QED) is 0.767. The number of amides is 1. The van der Waals surface area contributed by atoms with Crippen molar-refractivity contribution in [1.82, 2.24) is 19.4 Å². The van der Waals surface area contributed by atoms with E-state index in [4.69, 9.17) is 16.6 Å². The minimum Gasteiger partial charge on any atom is -0.329 e. The van der Waals surface area contributed by atoms with Crippen LogP contribution in [0.25, 0.3) is 11.0 Å². The van der Waals surface area contributed by atoms with Gasteiger partial charge in [-0.1, -0.05) is 23.7 Å². The van der Waals surface area contributed by atoms with E-state index in [2.05, 4.69) is 4.98 Å². The average Bonchev–Trinajstić information content (AvgIpc) is 3.22. The Hall–Kier alpha value is -2.60. The summed E-state index contributed by atoms with van der Waals surface area (Å²) >= 11 is 5.87. The third-order valence-electron chi connectivity index (χ3n) is 4.74. The van der Waals surface area contributed by atoms with Gasteiger partial charge >= 0.3 is 0 Å². The highest BCUT2D eigenvalue weighted by Gasteiger charge is 2.33. The smallest absolute Gasteiger partial charge is 0.266 e. The van der Waals surface area contributed by atoms with E-state index in [-0.39, 0.29) is 17.0 Å². The second-order valence-electron chi connectivity index (χ2n) is 6.24. The number of rotatable bonds is 2. The molecular weight excluding hydrogens is 340 g/mol. The number of aromatic amines is 1. The van der Waals surface area contributed by atoms with Crippen LogP contribution >= 0.6 is 11.6 Å². The molecule has 1 amide bonds. The maximum Gasteiger partial charge on any atom is 0.266 e. The van der Waals surface area contributed by atoms with E-state index in [0.717, 1.165) is 29.7 Å². The highest BCUT2D eigenvalue weighted by atomic mass is 35.5. The van der Waals surface area contributed by atoms with Crippen molar-refractivity contribution in [1.29, 1.82) is 0 Å². The number of nitrogens with zero attached hydrogens (tertiary/aromatic N) is 3. The fourth-order valence-corrected chi connectivity index (χ4v) is 3.66. The third kappa shape index (κ3) is 2.62. The number of likely N-dealkylation sites (tertiary alicyclic amines) is 1. The first kappa shape index (κ1) is 15.9. The topological polar surface area (TPSA) is 71.0 Å². The van der Waals surface area contributed by atoms with Crippen molar-refractivity contribution in [2.75, 3.05) is 6.54 Å². The molecule has 25 heavy (non-hydrogen) atoms. The summed E-state index contributed by atoms with van der Waals surface area (Å²) in [6.45, 7) is 0.656. The molecule has 7 heteroatoms. The summed E-state index contributed by atoms with van der Waals surface area (Å²) in [5.41, 5.74) is 1.96. The number of carbonyl (C=O) groups excluding carboxylic acids is 1. The number of fused-ring (bicyclic) bond motifs is 1. The van der Waals surface area contributed by atoms with Crippen molar-refractivity contribution in [2.24, 2.45) is 7.05 Å². The van der Waals surface area contributed by atoms with Gasteiger partial charge in [0.1, 0.15) is 10.8 Å². The van der Waals surface area contributed by atoms with Gasteiger partial charge in [0.15, 0.2) is 0 Å². The molecule has 0 bridgehead atoms. The Bertz CT molecular complexity index is 1020. The molecule has 4 rings (SSSR count). The fourth-order valence-electron chi connectivity index (χ4n) is 3.49. The monoisotopic (exact) mass is 356 g/mol. The minimum atomic E-state index is -0.397. The summed E-state index contributed by atoms with van der Waals surface area (Å²) in [7, 11) is 1.97. The van der Waals surface area contributed by atoms with Crippen LogP contribution in [0.2, 0.25) is 5.02 Å². The molecule has 3 heterocycles. The van der Waals surface area contributed by atoms with Crippen LogP contribution in [-0.4, -0.2) is 31.9 Å². The van der Waals surface area contributed by atoms with Crippen molar-refractivity contribution in [2.45, 2.75) is 18.9 Å². The second-order valence-corrected chi connectivity index (χ2v) is 6.65. The molecule has 2 aromatic heterocycles. The number of para-hydroxylation sites is 2. The van der Waals surface area contributed by atoms with Gasteiger partial charge in [0.25, 0.3) is 11.5 Å². The normalized spacial score (nSPS) is 17.4. The summed E-state index contributed by atoms with van der Waals surface area (Å²) < 4.78 is 2.05. The average molecular weight is 357 g/mol. The molecule has 1 atom stereocenters. The molecule has 0 saturated carbocycles. The van der Waals surface area contributed by atoms with Crippen molar-refractivity contribution in [3.8, 4) is 0 Å². The number of benzene rings is 1. The van der Waals surface area contributed by atoms with E-state index in [1.807, 2.05) is 40.8 Å². The van der Waals surface area contributed by atoms with Gasteiger partial charge < -0.3 is 14.5 Å². The molecule has 3 aromatic rings. The lowest BCUT2D eigenvalue weighted by atomic mass is 10.2. The number of carbonyl (C=O) groups is 1. The first-order valence-electron chi connectivity index (χ1n) is 8.17. The maximum atomic E-state index is 12.9. The first-order chi connectivity index (χ1) is 12.1. The molecule has 1 saturated heterocycles. The van der Waals surface area contributed by atoms with Crippen LogP contribution in [-0.2, 0) is 7.05 Å². The Morgan fingerprint density at radius 3 is 2.92 bits per heavy atom. The zero-order chi connectivity index (χ0) is 17.6. The van der Waals surface area contributed by atoms with Crippen molar-refractivity contribution in [3.63, 3.8) is 0 Å². The lowest BCUT2D eigenvalue weighted by Gasteiger charge is -2.24. The second kappa shape index (κ2) is 6.04. The molecular formula is C18H17ClN4O2. The van der Waals surface area contributed by atoms with Crippen LogP contribution in [0.3, 0.4) is 0 Å². The van der Waals surface area contributed by atoms with Crippen molar-refractivity contribution >= 4 is 28.5 Å². The van der Waals surface area contributed by atoms with Crippen molar-refractivity contribution < 1.29 is 4.79 Å². The molecule has 128 valence electrons. The van der Waals surface area contributed by atoms with Crippen LogP contribution in [0.15, 0.2) is 41.3 Å². The Balaban J connectivity index is 1.72. The molecule has 1 aliphatic heterocycles. The molecule has 1 fully saturated rings. The number of imidazole rings is 1. The summed E-state index contributed by atoms with van der Waals surface area (Å²) in [6, 6.07) is 9.27. The van der Waals surface area contributed by atoms with E-state index in [9.17, 15) is 9.59 Å². The number of aryl methyl sites for hydroxylation is 1. The third-order valence-corrected chi connectivity index (χ3v) is 5.02. The molecule has 0 aliphatic carbocycles. The van der Waals surface area contributed by atoms with Gasteiger partial charge in [0.05, 0.1) is 22.6 Å². The van der Waals surface area contributed by atoms with E-state index in [0.29, 0.717) is 12.1 Å². The van der Waals surface area contributed by atoms with Crippen LogP contribution in [0.1, 0.15) is 35.1 Å². The highest BCUT2D eigenvalue weighted by molar-refractivity contribution is 6.30. The van der Waals surface area contributed by atoms with Crippen LogP contribution < -0.4 is 5.56 Å². The predicted octanol–water partition coefficient (Wildman–Crippen LogP) is 2.89. The number of nitrogens with one attached hydrogen (secondary N) is 1. The number of halogens is 1. The molecule has 1 unspecified atom stereocenters. The van der Waals surface area contributed by atoms with Gasteiger partial charge in [0.2, 0.25) is 0 Å². The molecule has 6 nitrogen and oxygen atoms in total. The molecule has 1 N–H and O–H groups in total. The van der Waals surface area contributed by atoms with E-state index < -0.39 is 5.56 Å². The van der Waals surface area contributed by atoms with Gasteiger partial charge in [-0.15, -0.1) is 0 Å². The Morgan fingerprint density at radius 2 is 2.16 bits per heavy atom. The lowest BCUT2D eigenvalue weighted by molar-refractivity contribution is 0.0728. The van der Waals surface area contributed by atoms with E-state index in [1.54, 1.807) is 0 Å². The Morgan fingerprint density at radius 1 is 1.36 bits per heavy atom. The number of hydrogen-bond acceptors (Lipinski definition) is 3. The molecule has 0 spiro atoms. The number of H-pyrrole nitrogens is 1. The maximum absolute atomic E-state index is 12.9. The summed E-state index contributed by atoms with van der Waals surface area (Å²) in [6.07, 6.45) is 3.19. The summed E-state index contributed by atoms with van der Waals surface area (Å²) in [5.74, 6) is 0.732. The standard InChI is InChI=1S/C18H17ClN4O2/c1-22-14-6-3-2-5-13(14)21-16(22)15-7-4-8-23(15)18(25)11-9-12(19)17(24)20-10-11/h2-3,5-6,9-10,15H,4,7-8H2,1H3,(H,20,24). The van der Waals surface area contributed by atoms with Gasteiger partial charge in [-0.3, -0.25) is 9.59 Å². The van der Waals surface area contributed by atoms with E-state index >= 15 is 0 Å². The van der Waals surface area contributed by atoms with Crippen LogP contribution in [0.4, 0.5) is 0 Å². The predicted molar refractivity (Wildman–Crippen MR) is 95.8 cm³/mol. The van der Waals surface area contributed by atoms with Crippen LogP contribution in [0, 0.1) is 0 Å². The van der Waals surface area contributed by atoms with E-state index in [1.165, 1.54) is 12.3 Å². The Kier molecular flexibility index (Phi) is 3.84. The minimum absolute atomic E-state index is 0.0179. The molecule has 1 aliphatic rings. The van der Waals surface area contributed by atoms with Gasteiger partial charge in [0, 0.05) is 19.8 Å². The Labute approximate surface area is 149 Å². The molecule has 1 aromatic carbocycles. The fraction of sp³-hybridized carbons (Fsp3) is 0.278. The van der Waals surface area contributed by atoms with Gasteiger partial charge in [-0.2, -0.15) is 0 Å². The number of hydrogen-bond donors (Lipinski definition) is 1. The largest absolute Gasteiger partial charge is 0.329 e. The van der Waals surface area contributed by atoms with Crippen molar-refractivity contribution in [3.05, 3.63) is 63.3 Å². The zero-order valence-corrected chi connectivity index (χ0v) is 14.5. The van der Waals surface area contributed by atoms with Gasteiger partial charge in [-0.05, 0) is 31.0 Å². The highest BCUT2D eigenvalue weighted by Crippen LogP contribution is 2.34.